The number of primary amides is 1. The number of amides is 1. The summed E-state index contributed by atoms with van der Waals surface area (Å²) in [7, 11) is 0. The lowest BCUT2D eigenvalue weighted by Crippen LogP contribution is -2.39. The molecule has 23 heavy (non-hydrogen) atoms. The Kier molecular flexibility index (Phi) is 8.71. The fraction of sp³-hybridized carbons (Fsp3) is 0.474. The lowest BCUT2D eigenvalue weighted by atomic mass is 9.94. The first-order chi connectivity index (χ1) is 11.1. The average Bonchev–Trinajstić information content (AvgIpc) is 2.55. The molecule has 1 amide bonds. The van der Waals surface area contributed by atoms with Crippen molar-refractivity contribution >= 4 is 6.41 Å². The summed E-state index contributed by atoms with van der Waals surface area (Å²) >= 11 is 0. The topological polar surface area (TPSA) is 59.2 Å². The van der Waals surface area contributed by atoms with Gasteiger partial charge in [-0.2, -0.15) is 0 Å². The number of hydrogen-bond acceptors (Lipinski definition) is 3. The summed E-state index contributed by atoms with van der Waals surface area (Å²) in [5.41, 5.74) is 7.54. The van der Waals surface area contributed by atoms with E-state index < -0.39 is 0 Å². The van der Waals surface area contributed by atoms with Crippen LogP contribution in [0.1, 0.15) is 44.5 Å². The second-order valence-electron chi connectivity index (χ2n) is 5.52. The first-order valence-electron chi connectivity index (χ1n) is 8.17. The molecule has 0 aliphatic carbocycles. The van der Waals surface area contributed by atoms with Crippen molar-refractivity contribution < 1.29 is 4.79 Å². The summed E-state index contributed by atoms with van der Waals surface area (Å²) in [6.45, 7) is 8.85. The largest absolute Gasteiger partial charge is 0.372 e. The van der Waals surface area contributed by atoms with Gasteiger partial charge in [0, 0.05) is 18.3 Å². The zero-order valence-corrected chi connectivity index (χ0v) is 14.4. The van der Waals surface area contributed by atoms with Gasteiger partial charge in [-0.25, -0.2) is 4.98 Å². The highest BCUT2D eigenvalue weighted by Crippen LogP contribution is 2.23. The van der Waals surface area contributed by atoms with Gasteiger partial charge in [-0.3, -0.25) is 4.79 Å². The molecule has 1 fully saturated rings. The molecule has 0 saturated carbocycles. The number of nitrogens with two attached hydrogens (primary N) is 1. The fourth-order valence-electron chi connectivity index (χ4n) is 2.78. The van der Waals surface area contributed by atoms with Crippen LogP contribution in [0, 0.1) is 18.8 Å². The highest BCUT2D eigenvalue weighted by Gasteiger charge is 2.21. The third-order valence-electron chi connectivity index (χ3n) is 3.98. The monoisotopic (exact) mass is 313 g/mol. The summed E-state index contributed by atoms with van der Waals surface area (Å²) < 4.78 is 0. The van der Waals surface area contributed by atoms with Crippen LogP contribution in [-0.4, -0.2) is 35.4 Å². The molecule has 1 aromatic rings. The molecule has 4 nitrogen and oxygen atoms in total. The van der Waals surface area contributed by atoms with Crippen LogP contribution in [0.3, 0.4) is 0 Å². The van der Waals surface area contributed by atoms with E-state index in [1.807, 2.05) is 25.1 Å². The van der Waals surface area contributed by atoms with Crippen molar-refractivity contribution in [1.82, 2.24) is 9.88 Å². The number of allylic oxidation sites excluding steroid dienone is 1. The fourth-order valence-corrected chi connectivity index (χ4v) is 2.78. The van der Waals surface area contributed by atoms with Crippen LogP contribution in [0.15, 0.2) is 29.8 Å². The number of likely N-dealkylation sites (tertiary alicyclic amines) is 1. The van der Waals surface area contributed by atoms with E-state index in [0.29, 0.717) is 6.04 Å². The molecular weight excluding hydrogens is 286 g/mol. The third kappa shape index (κ3) is 6.66. The van der Waals surface area contributed by atoms with Crippen LogP contribution in [0.2, 0.25) is 0 Å². The van der Waals surface area contributed by atoms with Crippen LogP contribution in [0.4, 0.5) is 0 Å². The van der Waals surface area contributed by atoms with Crippen LogP contribution >= 0.6 is 0 Å². The van der Waals surface area contributed by atoms with Gasteiger partial charge < -0.3 is 10.6 Å². The standard InChI is InChI=1S/C18H24N2.CH3NO/c1-4-18-14-16(12-13-20(18)5-2)9-7-11-17-10-6-8-15(3)19-17;2-1-3/h6,8-10,18H,4-5,12-14H2,1-3H3;1H,(H2,2,3). The van der Waals surface area contributed by atoms with Gasteiger partial charge in [0.05, 0.1) is 0 Å². The van der Waals surface area contributed by atoms with Gasteiger partial charge in [0.15, 0.2) is 0 Å². The predicted molar refractivity (Wildman–Crippen MR) is 94.7 cm³/mol. The Morgan fingerprint density at radius 1 is 1.43 bits per heavy atom. The zero-order chi connectivity index (χ0) is 17.1. The molecule has 0 spiro atoms. The number of aromatic nitrogens is 1. The molecule has 1 aliphatic heterocycles. The van der Waals surface area contributed by atoms with Crippen LogP contribution < -0.4 is 5.73 Å². The van der Waals surface area contributed by atoms with Crippen molar-refractivity contribution in [1.29, 1.82) is 0 Å². The Hall–Kier alpha value is -2.12. The minimum absolute atomic E-state index is 0.250. The van der Waals surface area contributed by atoms with E-state index in [-0.39, 0.29) is 6.41 Å². The second-order valence-corrected chi connectivity index (χ2v) is 5.52. The lowest BCUT2D eigenvalue weighted by Gasteiger charge is -2.35. The Morgan fingerprint density at radius 3 is 2.78 bits per heavy atom. The first-order valence-corrected chi connectivity index (χ1v) is 8.17. The molecule has 1 atom stereocenters. The van der Waals surface area contributed by atoms with Gasteiger partial charge in [-0.1, -0.05) is 31.4 Å². The van der Waals surface area contributed by atoms with Gasteiger partial charge >= 0.3 is 0 Å². The van der Waals surface area contributed by atoms with Crippen LogP contribution in [-0.2, 0) is 4.79 Å². The van der Waals surface area contributed by atoms with Gasteiger partial charge in [-0.15, -0.1) is 0 Å². The number of pyridine rings is 1. The maximum absolute atomic E-state index is 8.58. The predicted octanol–water partition coefficient (Wildman–Crippen LogP) is 2.66. The van der Waals surface area contributed by atoms with Crippen LogP contribution in [0.5, 0.6) is 0 Å². The van der Waals surface area contributed by atoms with E-state index in [1.54, 1.807) is 0 Å². The molecule has 0 radical (unpaired) electrons. The number of rotatable bonds is 2. The average molecular weight is 313 g/mol. The molecule has 1 aliphatic rings. The minimum atomic E-state index is 0.250. The Bertz CT molecular complexity index is 584. The zero-order valence-electron chi connectivity index (χ0n) is 14.4. The number of aryl methyl sites for hydroxylation is 1. The number of hydrogen-bond donors (Lipinski definition) is 1. The van der Waals surface area contributed by atoms with Crippen molar-refractivity contribution in [3.8, 4) is 11.8 Å². The molecule has 124 valence electrons. The quantitative estimate of drug-likeness (QED) is 0.674. The minimum Gasteiger partial charge on any atom is -0.372 e. The van der Waals surface area contributed by atoms with Gasteiger partial charge in [0.25, 0.3) is 0 Å². The highest BCUT2D eigenvalue weighted by atomic mass is 16.1. The molecular formula is C19H27N3O. The van der Waals surface area contributed by atoms with E-state index >= 15 is 0 Å². The smallest absolute Gasteiger partial charge is 0.204 e. The maximum atomic E-state index is 8.58. The molecule has 0 bridgehead atoms. The number of carbonyl (C=O) groups is 1. The molecule has 1 unspecified atom stereocenters. The van der Waals surface area contributed by atoms with E-state index in [1.165, 1.54) is 25.0 Å². The van der Waals surface area contributed by atoms with E-state index in [9.17, 15) is 0 Å². The summed E-state index contributed by atoms with van der Waals surface area (Å²) in [5, 5.41) is 0. The Labute approximate surface area is 139 Å². The summed E-state index contributed by atoms with van der Waals surface area (Å²) in [5.74, 6) is 6.32. The third-order valence-corrected chi connectivity index (χ3v) is 3.98. The number of carbonyl (C=O) groups excluding carboxylic acids is 1. The molecule has 1 saturated heterocycles. The summed E-state index contributed by atoms with van der Waals surface area (Å²) in [6, 6.07) is 6.66. The van der Waals surface area contributed by atoms with Crippen LogP contribution in [0.25, 0.3) is 0 Å². The summed E-state index contributed by atoms with van der Waals surface area (Å²) in [4.78, 5) is 15.6. The Morgan fingerprint density at radius 2 is 2.17 bits per heavy atom. The van der Waals surface area contributed by atoms with Gasteiger partial charge in [0.1, 0.15) is 5.69 Å². The van der Waals surface area contributed by atoms with Gasteiger partial charge in [0.2, 0.25) is 6.41 Å². The Balaban J connectivity index is 0.000000816. The molecule has 4 heteroatoms. The number of nitrogens with zero attached hydrogens (tertiary/aromatic N) is 2. The molecule has 1 aromatic heterocycles. The molecule has 2 rings (SSSR count). The van der Waals surface area contributed by atoms with E-state index in [2.05, 4.69) is 47.4 Å². The molecule has 2 heterocycles. The molecule has 0 aromatic carbocycles. The van der Waals surface area contributed by atoms with Crippen molar-refractivity contribution in [2.24, 2.45) is 5.73 Å². The second kappa shape index (κ2) is 10.6. The van der Waals surface area contributed by atoms with Crippen molar-refractivity contribution in [3.63, 3.8) is 0 Å². The van der Waals surface area contributed by atoms with E-state index in [4.69, 9.17) is 4.79 Å². The number of piperidine rings is 1. The normalized spacial score (nSPS) is 19.3. The SMILES string of the molecule is CCC1CC(=CC#Cc2cccc(C)n2)CCN1CC.NC=O. The maximum Gasteiger partial charge on any atom is 0.204 e. The highest BCUT2D eigenvalue weighted by molar-refractivity contribution is 5.42. The van der Waals surface area contributed by atoms with Crippen molar-refractivity contribution in [3.05, 3.63) is 41.2 Å². The summed E-state index contributed by atoms with van der Waals surface area (Å²) in [6.07, 6.45) is 5.90. The van der Waals surface area contributed by atoms with E-state index in [0.717, 1.165) is 24.4 Å². The van der Waals surface area contributed by atoms with Crippen molar-refractivity contribution in [2.45, 2.75) is 46.1 Å². The van der Waals surface area contributed by atoms with Crippen molar-refractivity contribution in [2.75, 3.05) is 13.1 Å². The first kappa shape index (κ1) is 18.9. The van der Waals surface area contributed by atoms with Gasteiger partial charge in [-0.05, 0) is 56.9 Å². The lowest BCUT2D eigenvalue weighted by molar-refractivity contribution is -0.106. The molecule has 2 N–H and O–H groups in total.